The lowest BCUT2D eigenvalue weighted by Crippen LogP contribution is -2.52. The number of ether oxygens (including phenoxy) is 2. The van der Waals surface area contributed by atoms with Gasteiger partial charge in [-0.05, 0) is 25.0 Å². The summed E-state index contributed by atoms with van der Waals surface area (Å²) >= 11 is 0. The molecule has 1 aliphatic rings. The Kier molecular flexibility index (Phi) is 4.67. The van der Waals surface area contributed by atoms with Crippen molar-refractivity contribution in [2.45, 2.75) is 25.4 Å². The summed E-state index contributed by atoms with van der Waals surface area (Å²) in [6, 6.07) is 4.92. The first-order valence-corrected chi connectivity index (χ1v) is 6.80. The van der Waals surface area contributed by atoms with Crippen molar-refractivity contribution in [1.82, 2.24) is 4.90 Å². The second-order valence-corrected chi connectivity index (χ2v) is 4.86. The number of amides is 1. The molecule has 0 spiro atoms. The van der Waals surface area contributed by atoms with Crippen molar-refractivity contribution in [2.75, 3.05) is 19.9 Å². The molecule has 0 saturated heterocycles. The summed E-state index contributed by atoms with van der Waals surface area (Å²) in [5.41, 5.74) is 0.571. The maximum atomic E-state index is 13.1. The van der Waals surface area contributed by atoms with Crippen LogP contribution in [0.1, 0.15) is 12.5 Å². The maximum Gasteiger partial charge on any atom is 0.463 e. The minimum Gasteiger partial charge on any atom is -0.454 e. The molecular formula is C14H14F5NO3. The van der Waals surface area contributed by atoms with E-state index >= 15 is 0 Å². The van der Waals surface area contributed by atoms with Gasteiger partial charge in [-0.15, -0.1) is 0 Å². The first-order valence-electron chi connectivity index (χ1n) is 6.80. The van der Waals surface area contributed by atoms with E-state index in [4.69, 9.17) is 9.47 Å². The monoisotopic (exact) mass is 339 g/mol. The third kappa shape index (κ3) is 3.32. The van der Waals surface area contributed by atoms with Crippen LogP contribution < -0.4 is 9.47 Å². The minimum absolute atomic E-state index is 0.00884. The predicted octanol–water partition coefficient (Wildman–Crippen LogP) is 3.00. The van der Waals surface area contributed by atoms with E-state index in [0.717, 1.165) is 0 Å². The van der Waals surface area contributed by atoms with Crippen LogP contribution in [0.3, 0.4) is 0 Å². The number of para-hydroxylation sites is 1. The molecule has 1 aromatic carbocycles. The van der Waals surface area contributed by atoms with Crippen molar-refractivity contribution in [1.29, 1.82) is 0 Å². The topological polar surface area (TPSA) is 38.8 Å². The van der Waals surface area contributed by atoms with E-state index < -0.39 is 18.0 Å². The van der Waals surface area contributed by atoms with Gasteiger partial charge in [0.25, 0.3) is 0 Å². The van der Waals surface area contributed by atoms with Crippen molar-refractivity contribution < 1.29 is 36.2 Å². The van der Waals surface area contributed by atoms with Gasteiger partial charge < -0.3 is 14.4 Å². The van der Waals surface area contributed by atoms with E-state index in [1.165, 1.54) is 6.92 Å². The number of rotatable bonds is 5. The normalized spacial score (nSPS) is 14.0. The van der Waals surface area contributed by atoms with Gasteiger partial charge in [-0.3, -0.25) is 4.79 Å². The number of nitrogens with zero attached hydrogens (tertiary/aromatic N) is 1. The van der Waals surface area contributed by atoms with Crippen molar-refractivity contribution >= 4 is 5.91 Å². The molecule has 0 bridgehead atoms. The first kappa shape index (κ1) is 17.3. The van der Waals surface area contributed by atoms with Gasteiger partial charge in [0.1, 0.15) is 0 Å². The van der Waals surface area contributed by atoms with Crippen molar-refractivity contribution in [3.8, 4) is 11.5 Å². The van der Waals surface area contributed by atoms with E-state index in [9.17, 15) is 26.7 Å². The molecule has 0 atom stereocenters. The molecule has 0 fully saturated rings. The number of halogens is 5. The zero-order valence-corrected chi connectivity index (χ0v) is 12.1. The summed E-state index contributed by atoms with van der Waals surface area (Å²) < 4.78 is 73.5. The molecule has 23 heavy (non-hydrogen) atoms. The second kappa shape index (κ2) is 6.21. The lowest BCUT2D eigenvalue weighted by molar-refractivity contribution is -0.274. The lowest BCUT2D eigenvalue weighted by Gasteiger charge is -2.27. The number of benzene rings is 1. The quantitative estimate of drug-likeness (QED) is 0.774. The molecule has 1 heterocycles. The highest BCUT2D eigenvalue weighted by Gasteiger charge is 2.64. The molecule has 1 amide bonds. The van der Waals surface area contributed by atoms with Crippen molar-refractivity contribution in [3.05, 3.63) is 23.8 Å². The number of hydrogen-bond acceptors (Lipinski definition) is 3. The summed E-state index contributed by atoms with van der Waals surface area (Å²) in [4.78, 5) is 12.0. The maximum absolute atomic E-state index is 13.1. The van der Waals surface area contributed by atoms with Gasteiger partial charge in [0.15, 0.2) is 11.5 Å². The molecule has 0 N–H and O–H groups in total. The molecular weight excluding hydrogens is 325 g/mol. The average Bonchev–Trinajstić information content (AvgIpc) is 2.95. The van der Waals surface area contributed by atoms with E-state index in [1.807, 2.05) is 0 Å². The molecule has 2 rings (SSSR count). The van der Waals surface area contributed by atoms with E-state index in [0.29, 0.717) is 22.0 Å². The number of fused-ring (bicyclic) bond motifs is 1. The number of carbonyl (C=O) groups is 1. The Labute approximate surface area is 128 Å². The van der Waals surface area contributed by atoms with Crippen molar-refractivity contribution in [3.63, 3.8) is 0 Å². The second-order valence-electron chi connectivity index (χ2n) is 4.86. The summed E-state index contributed by atoms with van der Waals surface area (Å²) in [5, 5.41) is 0. The summed E-state index contributed by atoms with van der Waals surface area (Å²) in [5.74, 6) is -6.77. The zero-order chi connectivity index (χ0) is 17.3. The lowest BCUT2D eigenvalue weighted by atomic mass is 10.1. The summed E-state index contributed by atoms with van der Waals surface area (Å²) in [7, 11) is 0. The van der Waals surface area contributed by atoms with E-state index in [1.54, 1.807) is 18.2 Å². The van der Waals surface area contributed by atoms with Gasteiger partial charge in [-0.2, -0.15) is 22.0 Å². The van der Waals surface area contributed by atoms with Gasteiger partial charge in [0.2, 0.25) is 6.79 Å². The number of hydrogen-bond donors (Lipinski definition) is 0. The minimum atomic E-state index is -5.91. The van der Waals surface area contributed by atoms with Crippen LogP contribution in [0.15, 0.2) is 18.2 Å². The van der Waals surface area contributed by atoms with Crippen LogP contribution in [0, 0.1) is 0 Å². The molecule has 9 heteroatoms. The number of likely N-dealkylation sites (N-methyl/N-ethyl adjacent to an activating group) is 1. The largest absolute Gasteiger partial charge is 0.463 e. The van der Waals surface area contributed by atoms with Crippen LogP contribution >= 0.6 is 0 Å². The third-order valence-corrected chi connectivity index (χ3v) is 3.42. The molecule has 4 nitrogen and oxygen atoms in total. The molecule has 1 aliphatic heterocycles. The highest BCUT2D eigenvalue weighted by molar-refractivity contribution is 5.84. The van der Waals surface area contributed by atoms with E-state index in [2.05, 4.69) is 0 Å². The van der Waals surface area contributed by atoms with E-state index in [-0.39, 0.29) is 26.3 Å². The molecule has 1 aromatic rings. The smallest absolute Gasteiger partial charge is 0.454 e. The summed E-state index contributed by atoms with van der Waals surface area (Å²) in [6.45, 7) is 0.784. The first-order chi connectivity index (χ1) is 10.7. The Bertz CT molecular complexity index is 588. The van der Waals surface area contributed by atoms with Crippen LogP contribution in [-0.2, 0) is 11.2 Å². The fourth-order valence-electron chi connectivity index (χ4n) is 2.17. The Morgan fingerprint density at radius 1 is 1.22 bits per heavy atom. The predicted molar refractivity (Wildman–Crippen MR) is 69.5 cm³/mol. The number of carbonyl (C=O) groups excluding carboxylic acids is 1. The van der Waals surface area contributed by atoms with Crippen LogP contribution in [0.25, 0.3) is 0 Å². The van der Waals surface area contributed by atoms with Gasteiger partial charge >= 0.3 is 18.0 Å². The van der Waals surface area contributed by atoms with Gasteiger partial charge in [0.05, 0.1) is 0 Å². The molecule has 0 aliphatic carbocycles. The van der Waals surface area contributed by atoms with Gasteiger partial charge in [0, 0.05) is 13.1 Å². The van der Waals surface area contributed by atoms with Crippen LogP contribution in [0.5, 0.6) is 11.5 Å². The third-order valence-electron chi connectivity index (χ3n) is 3.42. The van der Waals surface area contributed by atoms with Crippen LogP contribution in [0.2, 0.25) is 0 Å². The summed E-state index contributed by atoms with van der Waals surface area (Å²) in [6.07, 6.45) is -5.84. The molecule has 0 aromatic heterocycles. The Hall–Kier alpha value is -2.06. The zero-order valence-electron chi connectivity index (χ0n) is 12.1. The molecule has 0 unspecified atom stereocenters. The fraction of sp³-hybridized carbons (Fsp3) is 0.500. The van der Waals surface area contributed by atoms with Crippen molar-refractivity contribution in [2.24, 2.45) is 0 Å². The SMILES string of the molecule is CCN(CCc1cccc2c1OCO2)C(=O)C(F)(F)C(F)(F)F. The molecule has 128 valence electrons. The average molecular weight is 339 g/mol. The Balaban J connectivity index is 2.09. The highest BCUT2D eigenvalue weighted by atomic mass is 19.4. The van der Waals surface area contributed by atoms with Crippen LogP contribution in [-0.4, -0.2) is 42.8 Å². The molecule has 0 saturated carbocycles. The highest BCUT2D eigenvalue weighted by Crippen LogP contribution is 2.38. The number of alkyl halides is 5. The Morgan fingerprint density at radius 2 is 1.91 bits per heavy atom. The van der Waals surface area contributed by atoms with Crippen LogP contribution in [0.4, 0.5) is 22.0 Å². The fourth-order valence-corrected chi connectivity index (χ4v) is 2.17. The van der Waals surface area contributed by atoms with Gasteiger partial charge in [-0.1, -0.05) is 12.1 Å². The molecule has 0 radical (unpaired) electrons. The standard InChI is InChI=1S/C14H14F5NO3/c1-2-20(12(21)13(15,16)14(17,18)19)7-6-9-4-3-5-10-11(9)23-8-22-10/h3-5H,2,6-8H2,1H3. The van der Waals surface area contributed by atoms with Gasteiger partial charge in [-0.25, -0.2) is 0 Å². The Morgan fingerprint density at radius 3 is 2.52 bits per heavy atom.